The number of rotatable bonds is 3. The summed E-state index contributed by atoms with van der Waals surface area (Å²) in [5.74, 6) is -0.0674. The van der Waals surface area contributed by atoms with Gasteiger partial charge in [-0.1, -0.05) is 24.3 Å². The van der Waals surface area contributed by atoms with Crippen LogP contribution in [0.15, 0.2) is 82.7 Å². The van der Waals surface area contributed by atoms with Gasteiger partial charge in [-0.3, -0.25) is 4.99 Å². The largest absolute Gasteiger partial charge is 0.573 e. The maximum Gasteiger partial charge on any atom is 0.573 e. The minimum Gasteiger partial charge on any atom is -0.508 e. The predicted molar refractivity (Wildman–Crippen MR) is 107 cm³/mol. The van der Waals surface area contributed by atoms with Crippen LogP contribution < -0.4 is 4.74 Å². The van der Waals surface area contributed by atoms with E-state index < -0.39 is 6.36 Å². The summed E-state index contributed by atoms with van der Waals surface area (Å²) in [6.07, 6.45) is -4.13. The third-order valence-corrected chi connectivity index (χ3v) is 5.78. The average molecular weight is 415 g/mol. The number of hydrogen-bond acceptors (Lipinski definition) is 4. The molecule has 3 aromatic rings. The number of fused-ring (bicyclic) bond motifs is 1. The van der Waals surface area contributed by atoms with Crippen LogP contribution in [-0.2, 0) is 0 Å². The highest BCUT2D eigenvalue weighted by Crippen LogP contribution is 2.45. The Balaban J connectivity index is 1.68. The molecule has 1 aliphatic rings. The highest BCUT2D eigenvalue weighted by Gasteiger charge is 2.31. The van der Waals surface area contributed by atoms with Crippen molar-refractivity contribution < 1.29 is 23.0 Å². The third kappa shape index (κ3) is 4.74. The molecule has 0 fully saturated rings. The first-order valence-electron chi connectivity index (χ1n) is 8.86. The summed E-state index contributed by atoms with van der Waals surface area (Å²) in [4.78, 5) is 5.82. The van der Waals surface area contributed by atoms with Crippen molar-refractivity contribution in [3.8, 4) is 11.5 Å². The number of aromatic hydroxyl groups is 1. The molecule has 4 rings (SSSR count). The summed E-state index contributed by atoms with van der Waals surface area (Å²) >= 11 is 1.62. The number of phenolic OH excluding ortho intramolecular Hbond substituents is 1. The van der Waals surface area contributed by atoms with Gasteiger partial charge >= 0.3 is 6.36 Å². The maximum absolute atomic E-state index is 12.4. The lowest BCUT2D eigenvalue weighted by Gasteiger charge is -2.17. The quantitative estimate of drug-likeness (QED) is 0.521. The van der Waals surface area contributed by atoms with E-state index in [1.165, 1.54) is 12.1 Å². The molecule has 3 aromatic carbocycles. The van der Waals surface area contributed by atoms with Gasteiger partial charge in [0.15, 0.2) is 0 Å². The Labute approximate surface area is 169 Å². The molecule has 1 atom stereocenters. The van der Waals surface area contributed by atoms with Crippen molar-refractivity contribution in [3.05, 3.63) is 83.9 Å². The standard InChI is InChI=1S/C22H16F3NO2S/c23-22(24,25)28-17-11-7-15(8-12-17)21-13-19(14-5-9-16(27)10-6-14)26-18-3-1-2-4-20(18)29-21/h1-12,21,27H,13H2. The molecule has 0 saturated heterocycles. The molecule has 0 radical (unpaired) electrons. The van der Waals surface area contributed by atoms with Gasteiger partial charge in [-0.15, -0.1) is 24.9 Å². The van der Waals surface area contributed by atoms with Gasteiger partial charge in [0.25, 0.3) is 0 Å². The number of thioether (sulfide) groups is 1. The molecule has 1 N–H and O–H groups in total. The number of alkyl halides is 3. The fourth-order valence-corrected chi connectivity index (χ4v) is 4.35. The molecule has 148 valence electrons. The number of para-hydroxylation sites is 1. The first-order chi connectivity index (χ1) is 13.9. The van der Waals surface area contributed by atoms with E-state index in [4.69, 9.17) is 4.99 Å². The minimum absolute atomic E-state index is 0.0360. The second-order valence-corrected chi connectivity index (χ2v) is 7.75. The molecule has 0 spiro atoms. The summed E-state index contributed by atoms with van der Waals surface area (Å²) in [6, 6.07) is 20.6. The summed E-state index contributed by atoms with van der Waals surface area (Å²) in [6.45, 7) is 0. The summed E-state index contributed by atoms with van der Waals surface area (Å²) < 4.78 is 41.2. The van der Waals surface area contributed by atoms with Gasteiger partial charge in [0.1, 0.15) is 11.5 Å². The van der Waals surface area contributed by atoms with Gasteiger partial charge in [0.2, 0.25) is 0 Å². The van der Waals surface area contributed by atoms with Crippen molar-refractivity contribution in [2.75, 3.05) is 0 Å². The fraction of sp³-hybridized carbons (Fsp3) is 0.136. The van der Waals surface area contributed by atoms with Crippen molar-refractivity contribution in [2.24, 2.45) is 4.99 Å². The van der Waals surface area contributed by atoms with Gasteiger partial charge < -0.3 is 9.84 Å². The highest BCUT2D eigenvalue weighted by atomic mass is 32.2. The van der Waals surface area contributed by atoms with Crippen LogP contribution in [0.1, 0.15) is 22.8 Å². The number of hydrogen-bond donors (Lipinski definition) is 1. The van der Waals surface area contributed by atoms with Gasteiger partial charge in [0.05, 0.1) is 5.69 Å². The zero-order valence-electron chi connectivity index (χ0n) is 15.1. The van der Waals surface area contributed by atoms with Crippen LogP contribution in [0.5, 0.6) is 11.5 Å². The SMILES string of the molecule is Oc1ccc(C2=Nc3ccccc3SC(c3ccc(OC(F)(F)F)cc3)C2)cc1. The van der Waals surface area contributed by atoms with Crippen LogP contribution >= 0.6 is 11.8 Å². The fourth-order valence-electron chi connectivity index (χ4n) is 3.12. The average Bonchev–Trinajstić information content (AvgIpc) is 2.87. The summed E-state index contributed by atoms with van der Waals surface area (Å²) in [5.41, 5.74) is 3.47. The summed E-state index contributed by atoms with van der Waals surface area (Å²) in [5, 5.41) is 9.53. The van der Waals surface area contributed by atoms with Gasteiger partial charge in [0, 0.05) is 22.3 Å². The van der Waals surface area contributed by atoms with Crippen LogP contribution in [0.3, 0.4) is 0 Å². The maximum atomic E-state index is 12.4. The molecule has 1 heterocycles. The molecule has 1 unspecified atom stereocenters. The number of phenols is 1. The molecule has 7 heteroatoms. The van der Waals surface area contributed by atoms with E-state index in [1.807, 2.05) is 36.4 Å². The minimum atomic E-state index is -4.71. The molecule has 29 heavy (non-hydrogen) atoms. The topological polar surface area (TPSA) is 41.8 Å². The number of halogens is 3. The van der Waals surface area contributed by atoms with E-state index in [9.17, 15) is 18.3 Å². The molecular formula is C22H16F3NO2S. The van der Waals surface area contributed by atoms with E-state index in [0.717, 1.165) is 27.4 Å². The molecule has 0 amide bonds. The molecule has 1 aliphatic heterocycles. The second-order valence-electron chi connectivity index (χ2n) is 6.50. The summed E-state index contributed by atoms with van der Waals surface area (Å²) in [7, 11) is 0. The van der Waals surface area contributed by atoms with Crippen LogP contribution in [-0.4, -0.2) is 17.2 Å². The van der Waals surface area contributed by atoms with Crippen molar-refractivity contribution in [3.63, 3.8) is 0 Å². The zero-order chi connectivity index (χ0) is 20.4. The number of aliphatic imine (C=N–C) groups is 1. The number of ether oxygens (including phenoxy) is 1. The Bertz CT molecular complexity index is 1030. The Morgan fingerprint density at radius 2 is 1.62 bits per heavy atom. The van der Waals surface area contributed by atoms with E-state index in [2.05, 4.69) is 4.74 Å². The zero-order valence-corrected chi connectivity index (χ0v) is 15.9. The Morgan fingerprint density at radius 1 is 0.931 bits per heavy atom. The first-order valence-corrected chi connectivity index (χ1v) is 9.74. The van der Waals surface area contributed by atoms with Crippen molar-refractivity contribution in [2.45, 2.75) is 22.9 Å². The molecular weight excluding hydrogens is 399 g/mol. The lowest BCUT2D eigenvalue weighted by atomic mass is 10.0. The molecule has 0 aliphatic carbocycles. The van der Waals surface area contributed by atoms with Crippen molar-refractivity contribution in [1.29, 1.82) is 0 Å². The van der Waals surface area contributed by atoms with E-state index in [0.29, 0.717) is 6.42 Å². The van der Waals surface area contributed by atoms with Crippen LogP contribution in [0.4, 0.5) is 18.9 Å². The van der Waals surface area contributed by atoms with E-state index >= 15 is 0 Å². The Morgan fingerprint density at radius 3 is 2.31 bits per heavy atom. The number of nitrogens with zero attached hydrogens (tertiary/aromatic N) is 1. The van der Waals surface area contributed by atoms with Gasteiger partial charge in [-0.05, 0) is 59.7 Å². The Kier molecular flexibility index (Phi) is 5.24. The van der Waals surface area contributed by atoms with Gasteiger partial charge in [-0.2, -0.15) is 0 Å². The smallest absolute Gasteiger partial charge is 0.508 e. The van der Waals surface area contributed by atoms with Crippen LogP contribution in [0.25, 0.3) is 0 Å². The Hall–Kier alpha value is -2.93. The third-order valence-electron chi connectivity index (χ3n) is 4.45. The monoisotopic (exact) mass is 415 g/mol. The second kappa shape index (κ2) is 7.83. The molecule has 0 aromatic heterocycles. The van der Waals surface area contributed by atoms with E-state index in [1.54, 1.807) is 36.0 Å². The normalized spacial score (nSPS) is 16.5. The lowest BCUT2D eigenvalue weighted by Crippen LogP contribution is -2.17. The molecule has 0 saturated carbocycles. The molecule has 3 nitrogen and oxygen atoms in total. The molecule has 0 bridgehead atoms. The van der Waals surface area contributed by atoms with Crippen LogP contribution in [0.2, 0.25) is 0 Å². The lowest BCUT2D eigenvalue weighted by molar-refractivity contribution is -0.274. The number of benzene rings is 3. The van der Waals surface area contributed by atoms with Gasteiger partial charge in [-0.25, -0.2) is 0 Å². The van der Waals surface area contributed by atoms with Crippen molar-refractivity contribution in [1.82, 2.24) is 0 Å². The first kappa shape index (κ1) is 19.4. The van der Waals surface area contributed by atoms with Crippen molar-refractivity contribution >= 4 is 23.2 Å². The predicted octanol–water partition coefficient (Wildman–Crippen LogP) is 6.65. The van der Waals surface area contributed by atoms with E-state index in [-0.39, 0.29) is 16.7 Å². The highest BCUT2D eigenvalue weighted by molar-refractivity contribution is 7.99. The van der Waals surface area contributed by atoms with Crippen LogP contribution in [0, 0.1) is 0 Å².